The third kappa shape index (κ3) is 7.02. The number of nitrogens with one attached hydrogen (secondary N) is 3. The van der Waals surface area contributed by atoms with E-state index in [0.717, 1.165) is 36.7 Å². The lowest BCUT2D eigenvalue weighted by molar-refractivity contribution is 0.102. The van der Waals surface area contributed by atoms with E-state index in [1.54, 1.807) is 0 Å². The number of aromatic amines is 1. The summed E-state index contributed by atoms with van der Waals surface area (Å²) >= 11 is 6.03. The van der Waals surface area contributed by atoms with Gasteiger partial charge in [-0.2, -0.15) is 0 Å². The van der Waals surface area contributed by atoms with Crippen molar-refractivity contribution < 1.29 is 31.1 Å². The van der Waals surface area contributed by atoms with E-state index < -0.39 is 33.4 Å². The molecule has 0 atom stereocenters. The highest BCUT2D eigenvalue weighted by Crippen LogP contribution is 2.30. The van der Waals surface area contributed by atoms with Crippen molar-refractivity contribution in [3.63, 3.8) is 0 Å². The molecule has 0 saturated heterocycles. The summed E-state index contributed by atoms with van der Waals surface area (Å²) in [7, 11) is -3.56. The SMILES string of the molecule is CS(=O)(=O)Nc1cc(Cl)cc(NC(=O)c2c[nH]c(-c3ncc(F)cc3OCc3cc(F)cc(F)c3)c2)c1. The largest absolute Gasteiger partial charge is 0.486 e. The Morgan fingerprint density at radius 1 is 1.00 bits per heavy atom. The number of ether oxygens (including phenoxy) is 1. The average molecular weight is 551 g/mol. The molecule has 0 bridgehead atoms. The molecule has 192 valence electrons. The van der Waals surface area contributed by atoms with Gasteiger partial charge < -0.3 is 15.0 Å². The summed E-state index contributed by atoms with van der Waals surface area (Å²) in [6, 6.07) is 9.58. The van der Waals surface area contributed by atoms with Gasteiger partial charge in [-0.15, -0.1) is 0 Å². The maximum absolute atomic E-state index is 13.9. The Kier molecular flexibility index (Phi) is 7.41. The molecule has 0 unspecified atom stereocenters. The van der Waals surface area contributed by atoms with Crippen LogP contribution < -0.4 is 14.8 Å². The molecule has 4 rings (SSSR count). The van der Waals surface area contributed by atoms with Crippen molar-refractivity contribution in [3.8, 4) is 17.1 Å². The highest BCUT2D eigenvalue weighted by atomic mass is 35.5. The van der Waals surface area contributed by atoms with Gasteiger partial charge in [-0.3, -0.25) is 9.52 Å². The van der Waals surface area contributed by atoms with E-state index in [-0.39, 0.29) is 45.6 Å². The molecule has 37 heavy (non-hydrogen) atoms. The van der Waals surface area contributed by atoms with Crippen LogP contribution in [0.2, 0.25) is 5.02 Å². The van der Waals surface area contributed by atoms with Gasteiger partial charge in [0.2, 0.25) is 10.0 Å². The summed E-state index contributed by atoms with van der Waals surface area (Å²) in [6.07, 6.45) is 3.31. The van der Waals surface area contributed by atoms with Gasteiger partial charge in [0.15, 0.2) is 5.75 Å². The maximum Gasteiger partial charge on any atom is 0.257 e. The third-order valence-corrected chi connectivity index (χ3v) is 5.62. The van der Waals surface area contributed by atoms with Crippen molar-refractivity contribution in [2.75, 3.05) is 16.3 Å². The summed E-state index contributed by atoms with van der Waals surface area (Å²) in [5.74, 6) is -2.85. The first-order valence-corrected chi connectivity index (χ1v) is 12.7. The molecule has 4 aromatic rings. The lowest BCUT2D eigenvalue weighted by Gasteiger charge is -2.10. The van der Waals surface area contributed by atoms with Crippen LogP contribution in [-0.4, -0.2) is 30.5 Å². The number of carbonyl (C=O) groups excluding carboxylic acids is 1. The molecule has 0 spiro atoms. The highest BCUT2D eigenvalue weighted by molar-refractivity contribution is 7.92. The lowest BCUT2D eigenvalue weighted by Crippen LogP contribution is -2.12. The van der Waals surface area contributed by atoms with Crippen LogP contribution in [0.5, 0.6) is 5.75 Å². The van der Waals surface area contributed by atoms with Crippen molar-refractivity contribution in [1.82, 2.24) is 9.97 Å². The first-order chi connectivity index (χ1) is 17.4. The average Bonchev–Trinajstić information content (AvgIpc) is 3.26. The third-order valence-electron chi connectivity index (χ3n) is 4.80. The zero-order chi connectivity index (χ0) is 26.7. The number of carbonyl (C=O) groups is 1. The minimum atomic E-state index is -3.56. The van der Waals surface area contributed by atoms with Crippen LogP contribution in [-0.2, 0) is 16.6 Å². The molecule has 0 radical (unpaired) electrons. The van der Waals surface area contributed by atoms with E-state index in [2.05, 4.69) is 20.0 Å². The topological polar surface area (TPSA) is 113 Å². The minimum Gasteiger partial charge on any atom is -0.486 e. The molecule has 2 aromatic carbocycles. The molecule has 2 heterocycles. The van der Waals surface area contributed by atoms with E-state index in [9.17, 15) is 26.4 Å². The summed E-state index contributed by atoms with van der Waals surface area (Å²) in [6.45, 7) is -0.264. The number of hydrogen-bond acceptors (Lipinski definition) is 5. The molecule has 0 fully saturated rings. The van der Waals surface area contributed by atoms with Crippen molar-refractivity contribution in [3.05, 3.63) is 94.5 Å². The monoisotopic (exact) mass is 550 g/mol. The molecule has 2 aromatic heterocycles. The normalized spacial score (nSPS) is 11.3. The molecule has 8 nitrogen and oxygen atoms in total. The molecule has 3 N–H and O–H groups in total. The predicted octanol–water partition coefficient (Wildman–Crippen LogP) is 5.35. The number of sulfonamides is 1. The highest BCUT2D eigenvalue weighted by Gasteiger charge is 2.16. The smallest absolute Gasteiger partial charge is 0.257 e. The lowest BCUT2D eigenvalue weighted by atomic mass is 10.2. The Balaban J connectivity index is 1.54. The van der Waals surface area contributed by atoms with Crippen LogP contribution in [0.15, 0.2) is 60.9 Å². The zero-order valence-electron chi connectivity index (χ0n) is 19.0. The van der Waals surface area contributed by atoms with Crippen molar-refractivity contribution >= 4 is 38.9 Å². The number of anilines is 2. The second-order valence-electron chi connectivity index (χ2n) is 7.93. The second kappa shape index (κ2) is 10.5. The number of benzene rings is 2. The standard InChI is InChI=1S/C24H18ClF3N4O4S/c1-37(34,35)32-20-6-15(25)5-19(9-20)31-24(33)14-4-21(29-10-14)23-22(8-18(28)11-30-23)36-12-13-2-16(26)7-17(27)3-13/h2-11,29,32H,12H2,1H3,(H,31,33). The van der Waals surface area contributed by atoms with Gasteiger partial charge in [-0.1, -0.05) is 11.6 Å². The van der Waals surface area contributed by atoms with Gasteiger partial charge in [0, 0.05) is 29.0 Å². The van der Waals surface area contributed by atoms with Crippen LogP contribution in [0.3, 0.4) is 0 Å². The Labute approximate surface area is 214 Å². The van der Waals surface area contributed by atoms with E-state index in [1.807, 2.05) is 0 Å². The van der Waals surface area contributed by atoms with Gasteiger partial charge in [0.05, 0.1) is 29.4 Å². The number of nitrogens with zero attached hydrogens (tertiary/aromatic N) is 1. The van der Waals surface area contributed by atoms with Gasteiger partial charge >= 0.3 is 0 Å². The number of amides is 1. The molecule has 13 heteroatoms. The van der Waals surface area contributed by atoms with Crippen LogP contribution in [0.4, 0.5) is 24.5 Å². The van der Waals surface area contributed by atoms with E-state index in [1.165, 1.54) is 30.5 Å². The second-order valence-corrected chi connectivity index (χ2v) is 10.1. The molecular weight excluding hydrogens is 533 g/mol. The number of halogens is 4. The summed E-state index contributed by atoms with van der Waals surface area (Å²) in [4.78, 5) is 19.7. The molecule has 0 aliphatic rings. The van der Waals surface area contributed by atoms with Gasteiger partial charge in [-0.25, -0.2) is 26.6 Å². The first-order valence-electron chi connectivity index (χ1n) is 10.5. The van der Waals surface area contributed by atoms with Gasteiger partial charge in [0.1, 0.15) is 29.8 Å². The first kappa shape index (κ1) is 26.0. The van der Waals surface area contributed by atoms with Crippen molar-refractivity contribution in [2.45, 2.75) is 6.61 Å². The van der Waals surface area contributed by atoms with E-state index in [0.29, 0.717) is 5.69 Å². The van der Waals surface area contributed by atoms with Gasteiger partial charge in [-0.05, 0) is 42.0 Å². The number of pyridine rings is 1. The maximum atomic E-state index is 13.9. The number of H-pyrrole nitrogens is 1. The fraction of sp³-hybridized carbons (Fsp3) is 0.0833. The summed E-state index contributed by atoms with van der Waals surface area (Å²) < 4.78 is 71.6. The Morgan fingerprint density at radius 2 is 1.70 bits per heavy atom. The molecule has 0 aliphatic carbocycles. The van der Waals surface area contributed by atoms with Crippen LogP contribution >= 0.6 is 11.6 Å². The fourth-order valence-electron chi connectivity index (χ4n) is 3.39. The Hall–Kier alpha value is -4.03. The Bertz CT molecular complexity index is 1570. The number of hydrogen-bond donors (Lipinski definition) is 3. The Morgan fingerprint density at radius 3 is 2.41 bits per heavy atom. The number of aromatic nitrogens is 2. The van der Waals surface area contributed by atoms with Crippen molar-refractivity contribution in [1.29, 1.82) is 0 Å². The molecule has 1 amide bonds. The fourth-order valence-corrected chi connectivity index (χ4v) is 4.17. The van der Waals surface area contributed by atoms with Gasteiger partial charge in [0.25, 0.3) is 5.91 Å². The predicted molar refractivity (Wildman–Crippen MR) is 133 cm³/mol. The number of rotatable bonds is 8. The van der Waals surface area contributed by atoms with Crippen LogP contribution in [0.25, 0.3) is 11.4 Å². The summed E-state index contributed by atoms with van der Waals surface area (Å²) in [5.41, 5.74) is 1.20. The molecular formula is C24H18ClF3N4O4S. The quantitative estimate of drug-likeness (QED) is 0.274. The molecule has 0 aliphatic heterocycles. The van der Waals surface area contributed by atoms with E-state index >= 15 is 0 Å². The zero-order valence-corrected chi connectivity index (χ0v) is 20.6. The summed E-state index contributed by atoms with van der Waals surface area (Å²) in [5, 5.41) is 2.80. The minimum absolute atomic E-state index is 0.0233. The van der Waals surface area contributed by atoms with Crippen LogP contribution in [0, 0.1) is 17.5 Å². The van der Waals surface area contributed by atoms with Crippen LogP contribution in [0.1, 0.15) is 15.9 Å². The van der Waals surface area contributed by atoms with Crippen molar-refractivity contribution in [2.24, 2.45) is 0 Å². The van der Waals surface area contributed by atoms with E-state index in [4.69, 9.17) is 16.3 Å². The molecule has 0 saturated carbocycles.